The number of nitrogens with zero attached hydrogens (tertiary/aromatic N) is 6. The highest BCUT2D eigenvalue weighted by molar-refractivity contribution is 9.10. The summed E-state index contributed by atoms with van der Waals surface area (Å²) in [5.74, 6) is 0.340. The van der Waals surface area contributed by atoms with Gasteiger partial charge in [-0.05, 0) is 130 Å². The van der Waals surface area contributed by atoms with E-state index in [2.05, 4.69) is 67.1 Å². The Labute approximate surface area is 316 Å². The van der Waals surface area contributed by atoms with Gasteiger partial charge in [-0.15, -0.1) is 0 Å². The Morgan fingerprint density at radius 3 is 1.55 bits per heavy atom. The number of anilines is 1. The molecule has 2 spiro atoms. The number of primary amides is 2. The number of ether oxygens (including phenoxy) is 2. The van der Waals surface area contributed by atoms with Gasteiger partial charge in [0.15, 0.2) is 0 Å². The van der Waals surface area contributed by atoms with Crippen LogP contribution in [0.5, 0.6) is 11.8 Å². The number of halogens is 3. The van der Waals surface area contributed by atoms with Gasteiger partial charge in [-0.25, -0.2) is 29.9 Å². The average molecular weight is 845 g/mol. The van der Waals surface area contributed by atoms with E-state index in [0.29, 0.717) is 51.7 Å². The molecule has 4 fully saturated rings. The summed E-state index contributed by atoms with van der Waals surface area (Å²) in [6, 6.07) is 7.40. The highest BCUT2D eigenvalue weighted by Crippen LogP contribution is 2.57. The fourth-order valence-corrected chi connectivity index (χ4v) is 7.82. The topological polar surface area (TPSA) is 220 Å². The first-order valence-corrected chi connectivity index (χ1v) is 18.3. The second kappa shape index (κ2) is 15.7. The van der Waals surface area contributed by atoms with E-state index < -0.39 is 11.8 Å². The van der Waals surface area contributed by atoms with Gasteiger partial charge < -0.3 is 32.0 Å². The predicted octanol–water partition coefficient (Wildman–Crippen LogP) is 5.26. The second-order valence-electron chi connectivity index (χ2n) is 13.5. The molecule has 0 radical (unpaired) electrons. The van der Waals surface area contributed by atoms with Gasteiger partial charge in [-0.1, -0.05) is 0 Å². The summed E-state index contributed by atoms with van der Waals surface area (Å²) in [5.41, 5.74) is 17.9. The number of hydrogen-bond donors (Lipinski definition) is 4. The van der Waals surface area contributed by atoms with Crippen molar-refractivity contribution in [3.8, 4) is 11.8 Å². The van der Waals surface area contributed by atoms with Crippen LogP contribution in [-0.2, 0) is 0 Å². The van der Waals surface area contributed by atoms with Gasteiger partial charge in [0.1, 0.15) is 23.3 Å². The van der Waals surface area contributed by atoms with Crippen molar-refractivity contribution >= 4 is 61.2 Å². The minimum atomic E-state index is -0.514. The van der Waals surface area contributed by atoms with E-state index in [1.807, 2.05) is 0 Å². The summed E-state index contributed by atoms with van der Waals surface area (Å²) >= 11 is 11.9. The van der Waals surface area contributed by atoms with E-state index in [4.69, 9.17) is 38.3 Å². The number of carbonyl (C=O) groups excluding carboxylic acids is 2. The fraction of sp³-hybridized carbons (Fsp3) is 0.412. The van der Waals surface area contributed by atoms with Crippen molar-refractivity contribution in [2.24, 2.45) is 28.0 Å². The van der Waals surface area contributed by atoms with E-state index in [1.165, 1.54) is 0 Å². The third-order valence-corrected chi connectivity index (χ3v) is 10.6. The summed E-state index contributed by atoms with van der Waals surface area (Å²) < 4.78 is 13.3. The van der Waals surface area contributed by atoms with Crippen LogP contribution >= 0.6 is 43.5 Å². The van der Waals surface area contributed by atoms with Gasteiger partial charge in [0.2, 0.25) is 23.0 Å². The third-order valence-electron chi connectivity index (χ3n) is 9.56. The summed E-state index contributed by atoms with van der Waals surface area (Å²) in [6.07, 6.45) is 18.4. The Morgan fingerprint density at radius 2 is 1.14 bits per heavy atom. The average Bonchev–Trinajstić information content (AvgIpc) is 3.04. The smallest absolute Gasteiger partial charge is 0.254 e. The Morgan fingerprint density at radius 1 is 0.706 bits per heavy atom. The lowest BCUT2D eigenvalue weighted by atomic mass is 9.53. The zero-order valence-electron chi connectivity index (χ0n) is 27.4. The Kier molecular flexibility index (Phi) is 11.3. The van der Waals surface area contributed by atoms with Crippen LogP contribution < -0.4 is 32.0 Å². The maximum Gasteiger partial charge on any atom is 0.254 e. The lowest BCUT2D eigenvalue weighted by molar-refractivity contribution is -0.0797. The van der Waals surface area contributed by atoms with E-state index in [0.717, 1.165) is 60.3 Å². The van der Waals surface area contributed by atoms with Crippen LogP contribution in [-0.4, -0.2) is 66.0 Å². The number of rotatable bonds is 8. The fourth-order valence-electron chi connectivity index (χ4n) is 7.31. The number of pyridine rings is 2. The standard InChI is InChI=1S/C17H18BrN5O2.C13H17N3O2.C4H2BrClN2/c18-10-8-21-16(22-9-10)23-11-4-17(5-11)6-12(7-17)25-15-13(14(19)24)2-1-3-20-15;14-8-4-13(5-8)6-9(7-13)18-12-10(11(15)17)2-1-3-16-12;5-3-1-7-4(6)8-2-3/h1-3,8-9,11-12H,4-7H2,(H2,19,24)(H,21,22,23);1-3,8-9H,4-7,14H2,(H2,15,17);1-2H. The monoisotopic (exact) mass is 842 g/mol. The first kappa shape index (κ1) is 36.8. The molecule has 2 amide bonds. The van der Waals surface area contributed by atoms with E-state index in [1.54, 1.807) is 61.4 Å². The van der Waals surface area contributed by atoms with Gasteiger partial charge in [0, 0.05) is 49.3 Å². The molecule has 4 saturated carbocycles. The Hall–Kier alpha value is -3.99. The van der Waals surface area contributed by atoms with Gasteiger partial charge in [-0.2, -0.15) is 0 Å². The van der Waals surface area contributed by atoms with E-state index in [9.17, 15) is 9.59 Å². The van der Waals surface area contributed by atoms with E-state index in [-0.39, 0.29) is 17.5 Å². The van der Waals surface area contributed by atoms with Crippen LogP contribution in [0.3, 0.4) is 0 Å². The van der Waals surface area contributed by atoms with Crippen molar-refractivity contribution in [3.63, 3.8) is 0 Å². The van der Waals surface area contributed by atoms with Gasteiger partial charge in [0.05, 0.1) is 8.95 Å². The van der Waals surface area contributed by atoms with Crippen molar-refractivity contribution in [2.75, 3.05) is 5.32 Å². The van der Waals surface area contributed by atoms with Gasteiger partial charge in [0.25, 0.3) is 11.8 Å². The Bertz CT molecular complexity index is 1810. The molecular formula is C34H37Br2ClN10O4. The van der Waals surface area contributed by atoms with Crippen LogP contribution in [0.25, 0.3) is 0 Å². The number of aromatic nitrogens is 6. The molecule has 0 atom stereocenters. The molecule has 0 aliphatic heterocycles. The van der Waals surface area contributed by atoms with E-state index >= 15 is 0 Å². The molecule has 268 valence electrons. The van der Waals surface area contributed by atoms with Crippen LogP contribution in [0, 0.1) is 10.8 Å². The van der Waals surface area contributed by atoms with Crippen molar-refractivity contribution < 1.29 is 19.1 Å². The molecule has 0 unspecified atom stereocenters. The maximum absolute atomic E-state index is 11.4. The lowest BCUT2D eigenvalue weighted by Gasteiger charge is -2.57. The highest BCUT2D eigenvalue weighted by atomic mass is 79.9. The van der Waals surface area contributed by atoms with Crippen LogP contribution in [0.4, 0.5) is 5.95 Å². The lowest BCUT2D eigenvalue weighted by Crippen LogP contribution is -2.56. The molecule has 8 rings (SSSR count). The molecular weight excluding hydrogens is 808 g/mol. The molecule has 17 heteroatoms. The molecule has 7 N–H and O–H groups in total. The molecule has 4 aliphatic carbocycles. The minimum absolute atomic E-state index is 0.0953. The first-order valence-electron chi connectivity index (χ1n) is 16.4. The zero-order chi connectivity index (χ0) is 36.2. The number of carbonyl (C=O) groups is 2. The number of hydrogen-bond acceptors (Lipinski definition) is 12. The normalized spacial score (nSPS) is 26.7. The number of amides is 2. The van der Waals surface area contributed by atoms with Crippen molar-refractivity contribution in [2.45, 2.75) is 75.7 Å². The molecule has 4 aromatic heterocycles. The SMILES string of the molecule is Clc1ncc(Br)cn1.NC(=O)c1cccnc1OC1CC2(CC(N)C2)C1.NC(=O)c1cccnc1OC1CC2(CC(Nc3ncc(Br)cn3)C2)C1. The Balaban J connectivity index is 0.000000150. The van der Waals surface area contributed by atoms with Crippen LogP contribution in [0.15, 0.2) is 70.4 Å². The number of nitrogens with two attached hydrogens (primary N) is 3. The van der Waals surface area contributed by atoms with Gasteiger partial charge >= 0.3 is 0 Å². The summed E-state index contributed by atoms with van der Waals surface area (Å²) in [4.78, 5) is 46.7. The summed E-state index contributed by atoms with van der Waals surface area (Å²) in [5, 5.41) is 3.63. The zero-order valence-corrected chi connectivity index (χ0v) is 31.3. The predicted molar refractivity (Wildman–Crippen MR) is 196 cm³/mol. The van der Waals surface area contributed by atoms with Gasteiger partial charge in [-0.3, -0.25) is 9.59 Å². The van der Waals surface area contributed by atoms with Crippen molar-refractivity contribution in [1.29, 1.82) is 0 Å². The van der Waals surface area contributed by atoms with Crippen molar-refractivity contribution in [3.05, 3.63) is 86.8 Å². The molecule has 51 heavy (non-hydrogen) atoms. The van der Waals surface area contributed by atoms with Crippen LogP contribution in [0.2, 0.25) is 5.28 Å². The molecule has 0 aromatic carbocycles. The second-order valence-corrected chi connectivity index (χ2v) is 15.7. The largest absolute Gasteiger partial charge is 0.474 e. The molecule has 0 saturated heterocycles. The van der Waals surface area contributed by atoms with Crippen LogP contribution in [0.1, 0.15) is 72.1 Å². The molecule has 4 aromatic rings. The minimum Gasteiger partial charge on any atom is -0.474 e. The third kappa shape index (κ3) is 9.28. The first-order chi connectivity index (χ1) is 24.4. The molecule has 4 aliphatic rings. The molecule has 4 heterocycles. The quantitative estimate of drug-likeness (QED) is 0.167. The summed E-state index contributed by atoms with van der Waals surface area (Å²) in [7, 11) is 0. The molecule has 14 nitrogen and oxygen atoms in total. The highest BCUT2D eigenvalue weighted by Gasteiger charge is 2.54. The summed E-state index contributed by atoms with van der Waals surface area (Å²) in [6.45, 7) is 0. The maximum atomic E-state index is 11.4. The molecule has 0 bridgehead atoms. The number of nitrogens with one attached hydrogen (secondary N) is 1. The van der Waals surface area contributed by atoms with Crippen molar-refractivity contribution in [1.82, 2.24) is 29.9 Å².